The minimum atomic E-state index is -0.620. The van der Waals surface area contributed by atoms with Crippen molar-refractivity contribution in [2.75, 3.05) is 19.7 Å². The maximum Gasteiger partial charge on any atom is 0.338 e. The summed E-state index contributed by atoms with van der Waals surface area (Å²) in [5.41, 5.74) is 1.12. The molecule has 8 nitrogen and oxygen atoms in total. The molecule has 1 aliphatic heterocycles. The van der Waals surface area contributed by atoms with Crippen LogP contribution in [0.4, 0.5) is 4.79 Å². The van der Waals surface area contributed by atoms with Gasteiger partial charge in [-0.25, -0.2) is 14.3 Å². The number of ether oxygens (including phenoxy) is 1. The van der Waals surface area contributed by atoms with Gasteiger partial charge >= 0.3 is 12.0 Å². The Hall–Kier alpha value is -3.16. The van der Waals surface area contributed by atoms with Crippen molar-refractivity contribution in [1.82, 2.24) is 20.0 Å². The molecule has 0 radical (unpaired) electrons. The lowest BCUT2D eigenvalue weighted by Gasteiger charge is -2.12. The molecule has 1 aromatic carbocycles. The van der Waals surface area contributed by atoms with Crippen molar-refractivity contribution in [3.63, 3.8) is 0 Å². The SMILES string of the molecule is O=C(OCC(=O)N1CCNC1=O)c1ccc(-n2cccn2)cc1. The Morgan fingerprint density at radius 3 is 2.65 bits per heavy atom. The second-order valence-electron chi connectivity index (χ2n) is 4.85. The van der Waals surface area contributed by atoms with Crippen molar-refractivity contribution < 1.29 is 19.1 Å². The number of carbonyl (C=O) groups is 3. The summed E-state index contributed by atoms with van der Waals surface area (Å²) in [7, 11) is 0. The van der Waals surface area contributed by atoms with Crippen LogP contribution in [0.2, 0.25) is 0 Å². The van der Waals surface area contributed by atoms with Gasteiger partial charge in [0.2, 0.25) is 0 Å². The summed E-state index contributed by atoms with van der Waals surface area (Å²) in [5, 5.41) is 6.59. The number of imide groups is 1. The number of hydrogen-bond acceptors (Lipinski definition) is 5. The third-order valence-electron chi connectivity index (χ3n) is 3.36. The first kappa shape index (κ1) is 14.8. The number of benzene rings is 1. The number of hydrogen-bond donors (Lipinski definition) is 1. The van der Waals surface area contributed by atoms with E-state index < -0.39 is 24.5 Å². The van der Waals surface area contributed by atoms with Crippen LogP contribution >= 0.6 is 0 Å². The zero-order valence-electron chi connectivity index (χ0n) is 12.1. The molecule has 0 atom stereocenters. The first-order valence-electron chi connectivity index (χ1n) is 7.00. The quantitative estimate of drug-likeness (QED) is 0.833. The van der Waals surface area contributed by atoms with Crippen LogP contribution in [0.1, 0.15) is 10.4 Å². The normalized spacial score (nSPS) is 13.7. The lowest BCUT2D eigenvalue weighted by atomic mass is 10.2. The minimum Gasteiger partial charge on any atom is -0.452 e. The fraction of sp³-hybridized carbons (Fsp3) is 0.200. The van der Waals surface area contributed by atoms with Crippen LogP contribution < -0.4 is 5.32 Å². The number of esters is 1. The van der Waals surface area contributed by atoms with Gasteiger partial charge < -0.3 is 10.1 Å². The molecule has 1 saturated heterocycles. The van der Waals surface area contributed by atoms with Crippen molar-refractivity contribution in [2.45, 2.75) is 0 Å². The fourth-order valence-corrected chi connectivity index (χ4v) is 2.17. The van der Waals surface area contributed by atoms with E-state index in [4.69, 9.17) is 4.74 Å². The molecule has 0 spiro atoms. The number of nitrogens with one attached hydrogen (secondary N) is 1. The highest BCUT2D eigenvalue weighted by molar-refractivity contribution is 5.98. The van der Waals surface area contributed by atoms with E-state index in [0.29, 0.717) is 12.1 Å². The highest BCUT2D eigenvalue weighted by Crippen LogP contribution is 2.10. The molecule has 1 aliphatic rings. The maximum absolute atomic E-state index is 11.9. The van der Waals surface area contributed by atoms with Gasteiger partial charge in [0.15, 0.2) is 6.61 Å². The molecular formula is C15H14N4O4. The average Bonchev–Trinajstić information content (AvgIpc) is 3.24. The standard InChI is InChI=1S/C15H14N4O4/c20-13(18-9-7-16-15(18)22)10-23-14(21)11-2-4-12(5-3-11)19-8-1-6-17-19/h1-6,8H,7,9-10H2,(H,16,22). The molecule has 0 bridgehead atoms. The van der Waals surface area contributed by atoms with E-state index in [1.807, 2.05) is 0 Å². The van der Waals surface area contributed by atoms with Gasteiger partial charge in [0.1, 0.15) is 0 Å². The predicted molar refractivity (Wildman–Crippen MR) is 79.0 cm³/mol. The molecule has 2 heterocycles. The van der Waals surface area contributed by atoms with E-state index in [1.54, 1.807) is 47.4 Å². The van der Waals surface area contributed by atoms with Crippen molar-refractivity contribution >= 4 is 17.9 Å². The van der Waals surface area contributed by atoms with Gasteiger partial charge in [0.25, 0.3) is 5.91 Å². The number of amides is 3. The zero-order valence-corrected chi connectivity index (χ0v) is 12.1. The topological polar surface area (TPSA) is 93.5 Å². The number of carbonyl (C=O) groups excluding carboxylic acids is 3. The molecule has 8 heteroatoms. The summed E-state index contributed by atoms with van der Waals surface area (Å²) in [6, 6.07) is 7.95. The smallest absolute Gasteiger partial charge is 0.338 e. The number of rotatable bonds is 4. The molecule has 3 rings (SSSR count). The van der Waals surface area contributed by atoms with Crippen molar-refractivity contribution in [1.29, 1.82) is 0 Å². The second kappa shape index (κ2) is 6.30. The molecule has 1 fully saturated rings. The Kier molecular flexibility index (Phi) is 4.05. The predicted octanol–water partition coefficient (Wildman–Crippen LogP) is 0.581. The number of aromatic nitrogens is 2. The molecule has 118 valence electrons. The molecule has 1 aromatic heterocycles. The van der Waals surface area contributed by atoms with Crippen LogP contribution in [0.15, 0.2) is 42.7 Å². The van der Waals surface area contributed by atoms with Crippen LogP contribution in [-0.2, 0) is 9.53 Å². The lowest BCUT2D eigenvalue weighted by molar-refractivity contribution is -0.130. The van der Waals surface area contributed by atoms with Gasteiger partial charge in [-0.1, -0.05) is 0 Å². The Balaban J connectivity index is 1.58. The van der Waals surface area contributed by atoms with Crippen LogP contribution in [0, 0.1) is 0 Å². The van der Waals surface area contributed by atoms with Crippen molar-refractivity contribution in [2.24, 2.45) is 0 Å². The second-order valence-corrected chi connectivity index (χ2v) is 4.85. The maximum atomic E-state index is 11.9. The van der Waals surface area contributed by atoms with Crippen LogP contribution in [0.3, 0.4) is 0 Å². The largest absolute Gasteiger partial charge is 0.452 e. The molecule has 0 saturated carbocycles. The van der Waals surface area contributed by atoms with Crippen LogP contribution in [0.5, 0.6) is 0 Å². The molecule has 23 heavy (non-hydrogen) atoms. The average molecular weight is 314 g/mol. The minimum absolute atomic E-state index is 0.286. The number of urea groups is 1. The van der Waals surface area contributed by atoms with E-state index in [2.05, 4.69) is 10.4 Å². The Morgan fingerprint density at radius 2 is 2.04 bits per heavy atom. The van der Waals surface area contributed by atoms with E-state index in [-0.39, 0.29) is 6.54 Å². The summed E-state index contributed by atoms with van der Waals surface area (Å²) < 4.78 is 6.61. The van der Waals surface area contributed by atoms with Gasteiger partial charge in [-0.2, -0.15) is 5.10 Å². The lowest BCUT2D eigenvalue weighted by Crippen LogP contribution is -2.37. The van der Waals surface area contributed by atoms with Gasteiger partial charge in [-0.15, -0.1) is 0 Å². The van der Waals surface area contributed by atoms with E-state index in [9.17, 15) is 14.4 Å². The van der Waals surface area contributed by atoms with E-state index >= 15 is 0 Å². The molecule has 1 N–H and O–H groups in total. The first-order valence-corrected chi connectivity index (χ1v) is 7.00. The first-order chi connectivity index (χ1) is 11.1. The molecular weight excluding hydrogens is 300 g/mol. The van der Waals surface area contributed by atoms with Crippen molar-refractivity contribution in [3.8, 4) is 5.69 Å². The van der Waals surface area contributed by atoms with Gasteiger partial charge in [-0.3, -0.25) is 9.69 Å². The van der Waals surface area contributed by atoms with Crippen molar-refractivity contribution in [3.05, 3.63) is 48.3 Å². The van der Waals surface area contributed by atoms with E-state index in [0.717, 1.165) is 10.6 Å². The molecule has 3 amide bonds. The summed E-state index contributed by atoms with van der Waals surface area (Å²) in [4.78, 5) is 36.1. The zero-order chi connectivity index (χ0) is 16.2. The molecule has 0 unspecified atom stereocenters. The summed E-state index contributed by atoms with van der Waals surface area (Å²) in [5.74, 6) is -1.16. The van der Waals surface area contributed by atoms with Gasteiger partial charge in [-0.05, 0) is 30.3 Å². The Morgan fingerprint density at radius 1 is 1.26 bits per heavy atom. The monoisotopic (exact) mass is 314 g/mol. The molecule has 2 aromatic rings. The fourth-order valence-electron chi connectivity index (χ4n) is 2.17. The number of nitrogens with zero attached hydrogens (tertiary/aromatic N) is 3. The summed E-state index contributed by atoms with van der Waals surface area (Å²) in [6.07, 6.45) is 3.44. The van der Waals surface area contributed by atoms with Crippen LogP contribution in [0.25, 0.3) is 5.69 Å². The van der Waals surface area contributed by atoms with E-state index in [1.165, 1.54) is 0 Å². The third-order valence-corrected chi connectivity index (χ3v) is 3.36. The van der Waals surface area contributed by atoms with Crippen LogP contribution in [-0.4, -0.2) is 52.3 Å². The Bertz CT molecular complexity index is 724. The summed E-state index contributed by atoms with van der Waals surface area (Å²) >= 11 is 0. The van der Waals surface area contributed by atoms with Gasteiger partial charge in [0, 0.05) is 25.5 Å². The highest BCUT2D eigenvalue weighted by Gasteiger charge is 2.26. The summed E-state index contributed by atoms with van der Waals surface area (Å²) in [6.45, 7) is 0.231. The Labute approximate surface area is 131 Å². The van der Waals surface area contributed by atoms with Gasteiger partial charge in [0.05, 0.1) is 11.3 Å². The third kappa shape index (κ3) is 3.20. The highest BCUT2D eigenvalue weighted by atomic mass is 16.5. The molecule has 0 aliphatic carbocycles.